The van der Waals surface area contributed by atoms with Crippen LogP contribution < -0.4 is 15.2 Å². The van der Waals surface area contributed by atoms with E-state index in [0.717, 1.165) is 11.1 Å². The predicted molar refractivity (Wildman–Crippen MR) is 78.5 cm³/mol. The number of ether oxygens (including phenoxy) is 2. The summed E-state index contributed by atoms with van der Waals surface area (Å²) in [6.07, 6.45) is 0. The molecule has 0 spiro atoms. The standard InChI is InChI=1S/C15H14ClNO3/c1-19-10-4-6-14(20-2)11(8-10)9-3-5-13(16)12(7-9)15(17)18/h3-8H,1-2H3,(H2,17,18). The molecule has 0 saturated heterocycles. The molecule has 0 atom stereocenters. The smallest absolute Gasteiger partial charge is 0.250 e. The molecule has 2 aromatic carbocycles. The van der Waals surface area contributed by atoms with Gasteiger partial charge in [-0.3, -0.25) is 4.79 Å². The molecule has 1 amide bonds. The fraction of sp³-hybridized carbons (Fsp3) is 0.133. The van der Waals surface area contributed by atoms with Crippen molar-refractivity contribution in [3.63, 3.8) is 0 Å². The summed E-state index contributed by atoms with van der Waals surface area (Å²) >= 11 is 5.95. The van der Waals surface area contributed by atoms with Crippen molar-refractivity contribution in [2.45, 2.75) is 0 Å². The van der Waals surface area contributed by atoms with E-state index in [1.54, 1.807) is 44.6 Å². The number of hydrogen-bond donors (Lipinski definition) is 1. The second kappa shape index (κ2) is 5.84. The van der Waals surface area contributed by atoms with Crippen LogP contribution in [0.1, 0.15) is 10.4 Å². The highest BCUT2D eigenvalue weighted by Crippen LogP contribution is 2.34. The van der Waals surface area contributed by atoms with E-state index in [1.807, 2.05) is 6.07 Å². The Morgan fingerprint density at radius 2 is 1.85 bits per heavy atom. The fourth-order valence-electron chi connectivity index (χ4n) is 1.92. The number of hydrogen-bond acceptors (Lipinski definition) is 3. The topological polar surface area (TPSA) is 61.6 Å². The van der Waals surface area contributed by atoms with Gasteiger partial charge in [-0.25, -0.2) is 0 Å². The minimum absolute atomic E-state index is 0.272. The van der Waals surface area contributed by atoms with E-state index in [1.165, 1.54) is 0 Å². The second-order valence-electron chi connectivity index (χ2n) is 4.13. The van der Waals surface area contributed by atoms with Gasteiger partial charge in [0.2, 0.25) is 5.91 Å². The van der Waals surface area contributed by atoms with Gasteiger partial charge < -0.3 is 15.2 Å². The number of methoxy groups -OCH3 is 2. The molecule has 2 rings (SSSR count). The molecule has 0 radical (unpaired) electrons. The lowest BCUT2D eigenvalue weighted by atomic mass is 10.0. The van der Waals surface area contributed by atoms with Gasteiger partial charge in [0.05, 0.1) is 24.8 Å². The van der Waals surface area contributed by atoms with E-state index < -0.39 is 5.91 Å². The van der Waals surface area contributed by atoms with Gasteiger partial charge in [-0.15, -0.1) is 0 Å². The molecule has 0 saturated carbocycles. The van der Waals surface area contributed by atoms with Crippen LogP contribution in [0.2, 0.25) is 5.02 Å². The number of amides is 1. The van der Waals surface area contributed by atoms with Crippen LogP contribution >= 0.6 is 11.6 Å². The van der Waals surface area contributed by atoms with Crippen LogP contribution in [-0.4, -0.2) is 20.1 Å². The fourth-order valence-corrected chi connectivity index (χ4v) is 2.13. The van der Waals surface area contributed by atoms with Crippen LogP contribution in [0.4, 0.5) is 0 Å². The number of benzene rings is 2. The molecule has 0 heterocycles. The molecule has 0 fully saturated rings. The highest BCUT2D eigenvalue weighted by molar-refractivity contribution is 6.33. The molecule has 104 valence electrons. The van der Waals surface area contributed by atoms with E-state index in [-0.39, 0.29) is 5.56 Å². The zero-order chi connectivity index (χ0) is 14.7. The zero-order valence-corrected chi connectivity index (χ0v) is 11.9. The zero-order valence-electron chi connectivity index (χ0n) is 11.1. The lowest BCUT2D eigenvalue weighted by molar-refractivity contribution is 0.100. The molecule has 0 bridgehead atoms. The Balaban J connectivity index is 2.61. The average molecular weight is 292 g/mol. The molecule has 0 aliphatic rings. The Kier molecular flexibility index (Phi) is 4.15. The molecule has 2 aromatic rings. The molecular weight excluding hydrogens is 278 g/mol. The third-order valence-corrected chi connectivity index (χ3v) is 3.28. The molecular formula is C15H14ClNO3. The van der Waals surface area contributed by atoms with Gasteiger partial charge in [-0.1, -0.05) is 17.7 Å². The number of carbonyl (C=O) groups excluding carboxylic acids is 1. The summed E-state index contributed by atoms with van der Waals surface area (Å²) < 4.78 is 10.5. The quantitative estimate of drug-likeness (QED) is 0.941. The Labute approximate surface area is 122 Å². The minimum atomic E-state index is -0.571. The maximum atomic E-state index is 11.4. The number of halogens is 1. The molecule has 0 unspecified atom stereocenters. The van der Waals surface area contributed by atoms with Crippen LogP contribution in [-0.2, 0) is 0 Å². The van der Waals surface area contributed by atoms with Crippen LogP contribution in [0, 0.1) is 0 Å². The largest absolute Gasteiger partial charge is 0.497 e. The molecule has 4 nitrogen and oxygen atoms in total. The molecule has 0 aliphatic heterocycles. The monoisotopic (exact) mass is 291 g/mol. The van der Waals surface area contributed by atoms with Crippen molar-refractivity contribution in [2.24, 2.45) is 5.73 Å². The molecule has 0 aromatic heterocycles. The van der Waals surface area contributed by atoms with Crippen LogP contribution in [0.5, 0.6) is 11.5 Å². The van der Waals surface area contributed by atoms with Crippen molar-refractivity contribution in [2.75, 3.05) is 14.2 Å². The summed E-state index contributed by atoms with van der Waals surface area (Å²) in [6.45, 7) is 0. The van der Waals surface area contributed by atoms with Gasteiger partial charge in [0.15, 0.2) is 0 Å². The van der Waals surface area contributed by atoms with Crippen LogP contribution in [0.25, 0.3) is 11.1 Å². The Bertz CT molecular complexity index is 656. The Morgan fingerprint density at radius 1 is 1.10 bits per heavy atom. The molecule has 20 heavy (non-hydrogen) atoms. The van der Waals surface area contributed by atoms with Gasteiger partial charge in [0, 0.05) is 5.56 Å². The summed E-state index contributed by atoms with van der Waals surface area (Å²) in [4.78, 5) is 11.4. The van der Waals surface area contributed by atoms with Crippen LogP contribution in [0.15, 0.2) is 36.4 Å². The summed E-state index contributed by atoms with van der Waals surface area (Å²) in [6, 6.07) is 10.5. The highest BCUT2D eigenvalue weighted by Gasteiger charge is 2.12. The van der Waals surface area contributed by atoms with Gasteiger partial charge in [0.25, 0.3) is 0 Å². The van der Waals surface area contributed by atoms with Crippen molar-refractivity contribution >= 4 is 17.5 Å². The van der Waals surface area contributed by atoms with Crippen molar-refractivity contribution in [3.05, 3.63) is 47.0 Å². The summed E-state index contributed by atoms with van der Waals surface area (Å²) in [7, 11) is 3.17. The molecule has 0 aliphatic carbocycles. The first kappa shape index (κ1) is 14.2. The van der Waals surface area contributed by atoms with E-state index in [4.69, 9.17) is 26.8 Å². The van der Waals surface area contributed by atoms with E-state index in [2.05, 4.69) is 0 Å². The van der Waals surface area contributed by atoms with Gasteiger partial charge in [-0.05, 0) is 35.9 Å². The lowest BCUT2D eigenvalue weighted by Crippen LogP contribution is -2.11. The third-order valence-electron chi connectivity index (χ3n) is 2.95. The Morgan fingerprint density at radius 3 is 2.45 bits per heavy atom. The van der Waals surface area contributed by atoms with E-state index >= 15 is 0 Å². The molecule has 2 N–H and O–H groups in total. The maximum Gasteiger partial charge on any atom is 0.250 e. The first-order valence-electron chi connectivity index (χ1n) is 5.88. The van der Waals surface area contributed by atoms with Gasteiger partial charge in [-0.2, -0.15) is 0 Å². The summed E-state index contributed by atoms with van der Waals surface area (Å²) in [5, 5.41) is 0.322. The number of carbonyl (C=O) groups is 1. The maximum absolute atomic E-state index is 11.4. The van der Waals surface area contributed by atoms with Crippen LogP contribution in [0.3, 0.4) is 0 Å². The predicted octanol–water partition coefficient (Wildman–Crippen LogP) is 3.12. The SMILES string of the molecule is COc1ccc(OC)c(-c2ccc(Cl)c(C(N)=O)c2)c1. The van der Waals surface area contributed by atoms with E-state index in [9.17, 15) is 4.79 Å². The summed E-state index contributed by atoms with van der Waals surface area (Å²) in [5.41, 5.74) is 7.16. The van der Waals surface area contributed by atoms with Crippen molar-refractivity contribution < 1.29 is 14.3 Å². The first-order chi connectivity index (χ1) is 9.56. The van der Waals surface area contributed by atoms with Gasteiger partial charge in [0.1, 0.15) is 11.5 Å². The number of rotatable bonds is 4. The Hall–Kier alpha value is -2.20. The normalized spacial score (nSPS) is 10.2. The molecule has 5 heteroatoms. The second-order valence-corrected chi connectivity index (χ2v) is 4.53. The number of nitrogens with two attached hydrogens (primary N) is 1. The van der Waals surface area contributed by atoms with Crippen molar-refractivity contribution in [1.29, 1.82) is 0 Å². The highest BCUT2D eigenvalue weighted by atomic mass is 35.5. The van der Waals surface area contributed by atoms with Crippen molar-refractivity contribution in [3.8, 4) is 22.6 Å². The average Bonchev–Trinajstić information content (AvgIpc) is 2.46. The first-order valence-corrected chi connectivity index (χ1v) is 6.26. The van der Waals surface area contributed by atoms with Gasteiger partial charge >= 0.3 is 0 Å². The van der Waals surface area contributed by atoms with E-state index in [0.29, 0.717) is 16.5 Å². The summed E-state index contributed by atoms with van der Waals surface area (Å²) in [5.74, 6) is 0.790. The number of primary amides is 1. The lowest BCUT2D eigenvalue weighted by Gasteiger charge is -2.12. The third kappa shape index (κ3) is 2.70. The minimum Gasteiger partial charge on any atom is -0.497 e. The van der Waals surface area contributed by atoms with Crippen molar-refractivity contribution in [1.82, 2.24) is 0 Å².